The van der Waals surface area contributed by atoms with Crippen LogP contribution in [0.3, 0.4) is 0 Å². The van der Waals surface area contributed by atoms with Gasteiger partial charge in [0.1, 0.15) is 0 Å². The third-order valence-corrected chi connectivity index (χ3v) is 7.10. The Morgan fingerprint density at radius 3 is 2.54 bits per heavy atom. The first kappa shape index (κ1) is 16.4. The number of carbonyl (C=O) groups excluding carboxylic acids is 1. The van der Waals surface area contributed by atoms with E-state index in [1.807, 2.05) is 36.4 Å². The summed E-state index contributed by atoms with van der Waals surface area (Å²) in [6, 6.07) is 16.8. The fourth-order valence-electron chi connectivity index (χ4n) is 5.84. The highest BCUT2D eigenvalue weighted by atomic mass is 16.7. The van der Waals surface area contributed by atoms with Gasteiger partial charge >= 0.3 is 0 Å². The highest BCUT2D eigenvalue weighted by Gasteiger charge is 2.54. The van der Waals surface area contributed by atoms with Crippen LogP contribution in [-0.4, -0.2) is 54.2 Å². The van der Waals surface area contributed by atoms with E-state index in [1.54, 1.807) is 0 Å². The molecule has 0 radical (unpaired) electrons. The average molecular weight is 376 g/mol. The molecule has 5 heteroatoms. The molecular formula is C23H24N2O3. The van der Waals surface area contributed by atoms with Gasteiger partial charge in [-0.1, -0.05) is 24.3 Å². The third-order valence-electron chi connectivity index (χ3n) is 7.10. The van der Waals surface area contributed by atoms with Gasteiger partial charge in [-0.15, -0.1) is 0 Å². The molecule has 5 nitrogen and oxygen atoms in total. The van der Waals surface area contributed by atoms with Crippen molar-refractivity contribution < 1.29 is 14.3 Å². The number of fused-ring (bicyclic) bond motifs is 3. The maximum absolute atomic E-state index is 13.4. The second kappa shape index (κ2) is 6.24. The van der Waals surface area contributed by atoms with Gasteiger partial charge in [0.2, 0.25) is 6.79 Å². The number of likely N-dealkylation sites (tertiary alicyclic amines) is 1. The number of piperidine rings is 3. The minimum Gasteiger partial charge on any atom is -0.454 e. The Hall–Kier alpha value is -2.53. The fourth-order valence-corrected chi connectivity index (χ4v) is 5.84. The summed E-state index contributed by atoms with van der Waals surface area (Å²) in [5, 5.41) is 0. The molecule has 2 aromatic carbocycles. The minimum absolute atomic E-state index is 0.174. The number of amides is 1. The summed E-state index contributed by atoms with van der Waals surface area (Å²) in [6.45, 7) is 3.37. The zero-order valence-corrected chi connectivity index (χ0v) is 15.8. The molecule has 28 heavy (non-hydrogen) atoms. The normalized spacial score (nSPS) is 32.4. The van der Waals surface area contributed by atoms with Crippen molar-refractivity contribution in [2.24, 2.45) is 5.92 Å². The molecule has 0 spiro atoms. The summed E-state index contributed by atoms with van der Waals surface area (Å²) >= 11 is 0. The highest BCUT2D eigenvalue weighted by molar-refractivity contribution is 5.94. The predicted molar refractivity (Wildman–Crippen MR) is 105 cm³/mol. The Kier molecular flexibility index (Phi) is 3.66. The molecule has 144 valence electrons. The minimum atomic E-state index is 0.174. The number of rotatable bonds is 2. The lowest BCUT2D eigenvalue weighted by atomic mass is 9.75. The first-order valence-electron chi connectivity index (χ1n) is 10.3. The molecule has 5 aliphatic rings. The van der Waals surface area contributed by atoms with Crippen molar-refractivity contribution in [1.29, 1.82) is 0 Å². The van der Waals surface area contributed by atoms with E-state index in [1.165, 1.54) is 18.4 Å². The number of ether oxygens (including phenoxy) is 2. The van der Waals surface area contributed by atoms with Gasteiger partial charge in [-0.05, 0) is 61.7 Å². The molecular weight excluding hydrogens is 352 g/mol. The Bertz CT molecular complexity index is 907. The summed E-state index contributed by atoms with van der Waals surface area (Å²) in [5.74, 6) is 2.75. The average Bonchev–Trinajstić information content (AvgIpc) is 3.40. The van der Waals surface area contributed by atoms with Crippen LogP contribution in [0, 0.1) is 5.92 Å². The number of carbonyl (C=O) groups is 1. The van der Waals surface area contributed by atoms with Crippen molar-refractivity contribution in [2.75, 3.05) is 26.4 Å². The molecule has 2 aromatic rings. The molecule has 1 amide bonds. The number of hydrogen-bond donors (Lipinski definition) is 0. The largest absolute Gasteiger partial charge is 0.454 e. The van der Waals surface area contributed by atoms with Crippen LogP contribution in [-0.2, 0) is 0 Å². The standard InChI is InChI=1S/C23H24N2O3/c26-23(16-4-2-1-3-5-16)25-13-18(17-6-7-19-20(12-17)28-14-27-19)22-21(25)15-8-10-24(22)11-9-15/h1-7,12,15,18,21-22H,8-11,13-14H2/t18-,21-,22-/m1/s1. The molecule has 7 rings (SSSR count). The lowest BCUT2D eigenvalue weighted by Gasteiger charge is -2.51. The Morgan fingerprint density at radius 1 is 0.929 bits per heavy atom. The van der Waals surface area contributed by atoms with Crippen molar-refractivity contribution in [3.8, 4) is 11.5 Å². The summed E-state index contributed by atoms with van der Waals surface area (Å²) < 4.78 is 11.1. The van der Waals surface area contributed by atoms with E-state index in [4.69, 9.17) is 9.47 Å². The van der Waals surface area contributed by atoms with E-state index in [2.05, 4.69) is 21.9 Å². The summed E-state index contributed by atoms with van der Waals surface area (Å²) in [5.41, 5.74) is 2.05. The number of hydrogen-bond acceptors (Lipinski definition) is 4. The van der Waals surface area contributed by atoms with Crippen LogP contribution in [0.15, 0.2) is 48.5 Å². The van der Waals surface area contributed by atoms with Gasteiger partial charge in [0.05, 0.1) is 6.04 Å². The van der Waals surface area contributed by atoms with Gasteiger partial charge in [-0.25, -0.2) is 0 Å². The van der Waals surface area contributed by atoms with Gasteiger partial charge in [-0.2, -0.15) is 0 Å². The topological polar surface area (TPSA) is 42.0 Å². The molecule has 4 saturated heterocycles. The van der Waals surface area contributed by atoms with E-state index >= 15 is 0 Å². The van der Waals surface area contributed by atoms with E-state index < -0.39 is 0 Å². The second-order valence-electron chi connectivity index (χ2n) is 8.40. The summed E-state index contributed by atoms with van der Waals surface area (Å²) in [7, 11) is 0. The van der Waals surface area contributed by atoms with Gasteiger partial charge in [-0.3, -0.25) is 9.69 Å². The second-order valence-corrected chi connectivity index (χ2v) is 8.40. The van der Waals surface area contributed by atoms with Crippen molar-refractivity contribution in [2.45, 2.75) is 30.8 Å². The van der Waals surface area contributed by atoms with Crippen LogP contribution in [0.5, 0.6) is 11.5 Å². The van der Waals surface area contributed by atoms with Crippen LogP contribution >= 0.6 is 0 Å². The SMILES string of the molecule is O=C(c1ccccc1)N1C[C@H](c2ccc3c(c2)OCO3)[C@@H]2[C@H]1C1CCN2CC1. The van der Waals surface area contributed by atoms with Crippen molar-refractivity contribution >= 4 is 5.91 Å². The zero-order valence-electron chi connectivity index (χ0n) is 15.8. The Morgan fingerprint density at radius 2 is 1.71 bits per heavy atom. The molecule has 3 atom stereocenters. The molecule has 4 fully saturated rings. The Labute approximate surface area is 164 Å². The summed E-state index contributed by atoms with van der Waals surface area (Å²) in [6.07, 6.45) is 2.40. The number of benzene rings is 2. The predicted octanol–water partition coefficient (Wildman–Crippen LogP) is 3.12. The van der Waals surface area contributed by atoms with E-state index in [0.717, 1.165) is 36.7 Å². The number of nitrogens with zero attached hydrogens (tertiary/aromatic N) is 2. The van der Waals surface area contributed by atoms with Gasteiger partial charge < -0.3 is 14.4 Å². The lowest BCUT2D eigenvalue weighted by Crippen LogP contribution is -2.60. The van der Waals surface area contributed by atoms with Gasteiger partial charge in [0.25, 0.3) is 5.91 Å². The summed E-state index contributed by atoms with van der Waals surface area (Å²) in [4.78, 5) is 18.2. The quantitative estimate of drug-likeness (QED) is 0.808. The molecule has 0 aromatic heterocycles. The smallest absolute Gasteiger partial charge is 0.254 e. The van der Waals surface area contributed by atoms with Crippen LogP contribution in [0.25, 0.3) is 0 Å². The van der Waals surface area contributed by atoms with Crippen molar-refractivity contribution in [1.82, 2.24) is 9.80 Å². The highest BCUT2D eigenvalue weighted by Crippen LogP contribution is 2.48. The first-order chi connectivity index (χ1) is 13.8. The maximum Gasteiger partial charge on any atom is 0.254 e. The van der Waals surface area contributed by atoms with Crippen molar-refractivity contribution in [3.05, 3.63) is 59.7 Å². The van der Waals surface area contributed by atoms with E-state index in [9.17, 15) is 4.79 Å². The van der Waals surface area contributed by atoms with Crippen LogP contribution in [0.1, 0.15) is 34.7 Å². The Balaban J connectivity index is 1.39. The monoisotopic (exact) mass is 376 g/mol. The van der Waals surface area contributed by atoms with Gasteiger partial charge in [0, 0.05) is 24.1 Å². The van der Waals surface area contributed by atoms with E-state index in [0.29, 0.717) is 30.7 Å². The molecule has 5 heterocycles. The molecule has 0 unspecified atom stereocenters. The molecule has 0 aliphatic carbocycles. The molecule has 0 saturated carbocycles. The fraction of sp³-hybridized carbons (Fsp3) is 0.435. The van der Waals surface area contributed by atoms with Crippen LogP contribution < -0.4 is 9.47 Å². The van der Waals surface area contributed by atoms with Crippen LogP contribution in [0.2, 0.25) is 0 Å². The van der Waals surface area contributed by atoms with E-state index in [-0.39, 0.29) is 5.91 Å². The van der Waals surface area contributed by atoms with Gasteiger partial charge in [0.15, 0.2) is 11.5 Å². The molecule has 5 aliphatic heterocycles. The third kappa shape index (κ3) is 2.39. The zero-order chi connectivity index (χ0) is 18.7. The maximum atomic E-state index is 13.4. The van der Waals surface area contributed by atoms with Crippen molar-refractivity contribution in [3.63, 3.8) is 0 Å². The molecule has 2 bridgehead atoms. The molecule has 0 N–H and O–H groups in total. The lowest BCUT2D eigenvalue weighted by molar-refractivity contribution is -0.00341. The first-order valence-corrected chi connectivity index (χ1v) is 10.3. The van der Waals surface area contributed by atoms with Crippen LogP contribution in [0.4, 0.5) is 0 Å².